The van der Waals surface area contributed by atoms with Crippen LogP contribution in [0.5, 0.6) is 5.88 Å². The van der Waals surface area contributed by atoms with E-state index in [9.17, 15) is 4.79 Å². The van der Waals surface area contributed by atoms with Crippen molar-refractivity contribution in [2.75, 3.05) is 26.4 Å². The van der Waals surface area contributed by atoms with E-state index in [1.807, 2.05) is 18.2 Å². The number of carbonyl (C=O) groups is 1. The Morgan fingerprint density at radius 2 is 2.00 bits per heavy atom. The summed E-state index contributed by atoms with van der Waals surface area (Å²) in [6.07, 6.45) is 4.45. The van der Waals surface area contributed by atoms with Crippen molar-refractivity contribution in [1.82, 2.24) is 10.3 Å². The molecule has 1 amide bonds. The van der Waals surface area contributed by atoms with Crippen LogP contribution in [-0.4, -0.2) is 37.3 Å². The number of hydrogen-bond donors (Lipinski definition) is 1. The molecule has 0 saturated carbocycles. The first-order valence-electron chi connectivity index (χ1n) is 8.80. The van der Waals surface area contributed by atoms with Gasteiger partial charge < -0.3 is 14.8 Å². The average Bonchev–Trinajstić information content (AvgIpc) is 2.68. The van der Waals surface area contributed by atoms with Crippen LogP contribution < -0.4 is 10.1 Å². The molecule has 1 saturated heterocycles. The molecule has 0 unspecified atom stereocenters. The third-order valence-corrected chi connectivity index (χ3v) is 4.35. The second kappa shape index (κ2) is 9.18. The van der Waals surface area contributed by atoms with Crippen molar-refractivity contribution in [2.45, 2.75) is 19.3 Å². The quantitative estimate of drug-likeness (QED) is 0.842. The van der Waals surface area contributed by atoms with E-state index in [1.54, 1.807) is 18.3 Å². The number of benzene rings is 1. The van der Waals surface area contributed by atoms with Gasteiger partial charge in [-0.15, -0.1) is 0 Å². The fourth-order valence-electron chi connectivity index (χ4n) is 2.81. The third kappa shape index (κ3) is 5.57. The van der Waals surface area contributed by atoms with Crippen molar-refractivity contribution in [3.05, 3.63) is 59.8 Å². The van der Waals surface area contributed by atoms with E-state index in [0.717, 1.165) is 32.5 Å². The van der Waals surface area contributed by atoms with E-state index in [1.165, 1.54) is 5.56 Å². The van der Waals surface area contributed by atoms with Crippen LogP contribution in [0.3, 0.4) is 0 Å². The van der Waals surface area contributed by atoms with Crippen LogP contribution in [0.4, 0.5) is 0 Å². The topological polar surface area (TPSA) is 60.5 Å². The SMILES string of the molecule is O=C(NCCc1ccccc1)c1ccnc(OCC2CCOCC2)c1. The maximum atomic E-state index is 12.3. The molecule has 5 heteroatoms. The zero-order valence-electron chi connectivity index (χ0n) is 14.3. The molecule has 132 valence electrons. The Kier molecular flexibility index (Phi) is 6.40. The Morgan fingerprint density at radius 1 is 1.20 bits per heavy atom. The molecule has 1 N–H and O–H groups in total. The summed E-state index contributed by atoms with van der Waals surface area (Å²) in [5.41, 5.74) is 1.78. The monoisotopic (exact) mass is 340 g/mol. The summed E-state index contributed by atoms with van der Waals surface area (Å²) in [6, 6.07) is 13.5. The van der Waals surface area contributed by atoms with Crippen LogP contribution in [0.2, 0.25) is 0 Å². The smallest absolute Gasteiger partial charge is 0.251 e. The van der Waals surface area contributed by atoms with Crippen LogP contribution in [0.25, 0.3) is 0 Å². The van der Waals surface area contributed by atoms with Crippen LogP contribution in [0.15, 0.2) is 48.7 Å². The molecule has 0 spiro atoms. The highest BCUT2D eigenvalue weighted by atomic mass is 16.5. The van der Waals surface area contributed by atoms with Gasteiger partial charge in [-0.05, 0) is 36.8 Å². The Hall–Kier alpha value is -2.40. The van der Waals surface area contributed by atoms with Crippen molar-refractivity contribution < 1.29 is 14.3 Å². The molecule has 1 aromatic carbocycles. The molecule has 0 atom stereocenters. The number of ether oxygens (including phenoxy) is 2. The van der Waals surface area contributed by atoms with Gasteiger partial charge in [-0.2, -0.15) is 0 Å². The van der Waals surface area contributed by atoms with Gasteiger partial charge in [0.25, 0.3) is 5.91 Å². The zero-order valence-corrected chi connectivity index (χ0v) is 14.3. The highest BCUT2D eigenvalue weighted by Crippen LogP contribution is 2.17. The highest BCUT2D eigenvalue weighted by Gasteiger charge is 2.15. The first-order chi connectivity index (χ1) is 12.3. The Labute approximate surface area is 148 Å². The number of hydrogen-bond acceptors (Lipinski definition) is 4. The molecule has 0 aliphatic carbocycles. The fraction of sp³-hybridized carbons (Fsp3) is 0.400. The number of amides is 1. The predicted octanol–water partition coefficient (Wildman–Crippen LogP) is 2.86. The first kappa shape index (κ1) is 17.4. The van der Waals surface area contributed by atoms with E-state index < -0.39 is 0 Å². The van der Waals surface area contributed by atoms with Crippen LogP contribution in [0.1, 0.15) is 28.8 Å². The largest absolute Gasteiger partial charge is 0.477 e. The lowest BCUT2D eigenvalue weighted by Gasteiger charge is -2.21. The normalized spacial score (nSPS) is 14.9. The number of nitrogens with one attached hydrogen (secondary N) is 1. The van der Waals surface area contributed by atoms with E-state index >= 15 is 0 Å². The Balaban J connectivity index is 1.47. The Morgan fingerprint density at radius 3 is 2.80 bits per heavy atom. The Bertz CT molecular complexity index is 670. The number of nitrogens with zero attached hydrogens (tertiary/aromatic N) is 1. The summed E-state index contributed by atoms with van der Waals surface area (Å²) < 4.78 is 11.1. The first-order valence-corrected chi connectivity index (χ1v) is 8.80. The predicted molar refractivity (Wildman–Crippen MR) is 95.8 cm³/mol. The van der Waals surface area contributed by atoms with Crippen LogP contribution >= 0.6 is 0 Å². The summed E-state index contributed by atoms with van der Waals surface area (Å²) in [5, 5.41) is 2.94. The average molecular weight is 340 g/mol. The molecular weight excluding hydrogens is 316 g/mol. The molecule has 1 fully saturated rings. The van der Waals surface area contributed by atoms with Gasteiger partial charge in [0.15, 0.2) is 0 Å². The van der Waals surface area contributed by atoms with Crippen molar-refractivity contribution in [2.24, 2.45) is 5.92 Å². The fourth-order valence-corrected chi connectivity index (χ4v) is 2.81. The lowest BCUT2D eigenvalue weighted by molar-refractivity contribution is 0.0490. The van der Waals surface area contributed by atoms with Gasteiger partial charge >= 0.3 is 0 Å². The molecular formula is C20H24N2O3. The standard InChI is InChI=1S/C20H24N2O3/c23-20(22-10-6-16-4-2-1-3-5-16)18-7-11-21-19(14-18)25-15-17-8-12-24-13-9-17/h1-5,7,11,14,17H,6,8-10,12-13,15H2,(H,22,23). The lowest BCUT2D eigenvalue weighted by Crippen LogP contribution is -2.26. The summed E-state index contributed by atoms with van der Waals surface area (Å²) in [5.74, 6) is 0.898. The molecule has 2 heterocycles. The molecule has 0 bridgehead atoms. The van der Waals surface area contributed by atoms with Gasteiger partial charge in [0, 0.05) is 37.6 Å². The third-order valence-electron chi connectivity index (χ3n) is 4.35. The van der Waals surface area contributed by atoms with E-state index in [0.29, 0.717) is 30.5 Å². The van der Waals surface area contributed by atoms with Crippen molar-refractivity contribution >= 4 is 5.91 Å². The summed E-state index contributed by atoms with van der Waals surface area (Å²) in [7, 11) is 0. The number of carbonyl (C=O) groups excluding carboxylic acids is 1. The van der Waals surface area contributed by atoms with Gasteiger partial charge in [0.1, 0.15) is 0 Å². The van der Waals surface area contributed by atoms with Crippen molar-refractivity contribution in [1.29, 1.82) is 0 Å². The zero-order chi connectivity index (χ0) is 17.3. The summed E-state index contributed by atoms with van der Waals surface area (Å²) >= 11 is 0. The molecule has 1 aromatic heterocycles. The summed E-state index contributed by atoms with van der Waals surface area (Å²) in [4.78, 5) is 16.5. The maximum absolute atomic E-state index is 12.3. The van der Waals surface area contributed by atoms with Gasteiger partial charge in [0.2, 0.25) is 5.88 Å². The number of pyridine rings is 1. The molecule has 2 aromatic rings. The highest BCUT2D eigenvalue weighted by molar-refractivity contribution is 5.94. The van der Waals surface area contributed by atoms with Gasteiger partial charge in [-0.1, -0.05) is 30.3 Å². The number of rotatable bonds is 7. The van der Waals surface area contributed by atoms with Gasteiger partial charge in [-0.3, -0.25) is 4.79 Å². The second-order valence-electron chi connectivity index (χ2n) is 6.24. The van der Waals surface area contributed by atoms with Gasteiger partial charge in [-0.25, -0.2) is 4.98 Å². The molecule has 1 aliphatic rings. The van der Waals surface area contributed by atoms with Crippen LogP contribution in [0, 0.1) is 5.92 Å². The van der Waals surface area contributed by atoms with E-state index in [-0.39, 0.29) is 5.91 Å². The maximum Gasteiger partial charge on any atom is 0.251 e. The van der Waals surface area contributed by atoms with E-state index in [4.69, 9.17) is 9.47 Å². The summed E-state index contributed by atoms with van der Waals surface area (Å²) in [6.45, 7) is 2.81. The number of aromatic nitrogens is 1. The van der Waals surface area contributed by atoms with E-state index in [2.05, 4.69) is 22.4 Å². The van der Waals surface area contributed by atoms with Crippen molar-refractivity contribution in [3.63, 3.8) is 0 Å². The molecule has 0 radical (unpaired) electrons. The minimum atomic E-state index is -0.103. The van der Waals surface area contributed by atoms with Gasteiger partial charge in [0.05, 0.1) is 6.61 Å². The second-order valence-corrected chi connectivity index (χ2v) is 6.24. The molecule has 5 nitrogen and oxygen atoms in total. The minimum absolute atomic E-state index is 0.103. The minimum Gasteiger partial charge on any atom is -0.477 e. The lowest BCUT2D eigenvalue weighted by atomic mass is 10.0. The molecule has 1 aliphatic heterocycles. The molecule has 25 heavy (non-hydrogen) atoms. The molecule has 3 rings (SSSR count). The van der Waals surface area contributed by atoms with Crippen molar-refractivity contribution in [3.8, 4) is 5.88 Å². The van der Waals surface area contributed by atoms with Crippen LogP contribution in [-0.2, 0) is 11.2 Å².